The number of nitrogens with zero attached hydrogens (tertiary/aromatic N) is 1. The Balaban J connectivity index is 1.68. The molecule has 4 fully saturated rings. The standard InChI is InChI=1S/C27H41NO6/c1-6-28-13-26(15-31-4)10-9-23(33-16(2)29)27(14-28)20-12-19-21(32-5)11-18(7-8-22(26)27)24(20)25(19)34-17(3)30/h7,19-25H,6,8-15H2,1-5H3/t19-,20-,21+,22-,23+,24-,25+,26+,27+/m1/s1. The van der Waals surface area contributed by atoms with Crippen molar-refractivity contribution in [2.45, 2.75) is 71.2 Å². The van der Waals surface area contributed by atoms with Crippen LogP contribution in [0.4, 0.5) is 0 Å². The number of ether oxygens (including phenoxy) is 4. The fraction of sp³-hybridized carbons (Fsp3) is 0.852. The lowest BCUT2D eigenvalue weighted by molar-refractivity contribution is -0.227. The molecule has 0 aromatic rings. The number of piperidine rings is 1. The summed E-state index contributed by atoms with van der Waals surface area (Å²) in [6.07, 6.45) is 6.84. The van der Waals surface area contributed by atoms with E-state index in [1.165, 1.54) is 12.5 Å². The second kappa shape index (κ2) is 8.90. The molecule has 0 unspecified atom stereocenters. The second-order valence-electron chi connectivity index (χ2n) is 11.5. The third-order valence-corrected chi connectivity index (χ3v) is 10.1. The van der Waals surface area contributed by atoms with Gasteiger partial charge >= 0.3 is 11.9 Å². The van der Waals surface area contributed by atoms with Crippen molar-refractivity contribution in [2.75, 3.05) is 40.5 Å². The Kier molecular flexibility index (Phi) is 6.35. The molecule has 0 amide bonds. The van der Waals surface area contributed by atoms with Crippen molar-refractivity contribution >= 4 is 11.9 Å². The average Bonchev–Trinajstić information content (AvgIpc) is 2.97. The average molecular weight is 476 g/mol. The van der Waals surface area contributed by atoms with Crippen LogP contribution >= 0.6 is 0 Å². The maximum Gasteiger partial charge on any atom is 0.302 e. The molecule has 0 aromatic carbocycles. The molecule has 0 spiro atoms. The summed E-state index contributed by atoms with van der Waals surface area (Å²) in [6, 6.07) is 0. The van der Waals surface area contributed by atoms with Crippen LogP contribution in [0.2, 0.25) is 0 Å². The molecule has 0 N–H and O–H groups in total. The highest BCUT2D eigenvalue weighted by Gasteiger charge is 2.71. The number of hydrogen-bond donors (Lipinski definition) is 0. The summed E-state index contributed by atoms with van der Waals surface area (Å²) in [6.45, 7) is 8.90. The van der Waals surface area contributed by atoms with Gasteiger partial charge < -0.3 is 23.8 Å². The minimum atomic E-state index is -0.224. The zero-order valence-corrected chi connectivity index (χ0v) is 21.4. The van der Waals surface area contributed by atoms with Gasteiger partial charge in [0.05, 0.1) is 12.7 Å². The SMILES string of the molecule is CCN1C[C@]2(COC)CC[C@H](OC(C)=O)[C@@]3(C1)[C@@H]1C[C@H]4[C@H](OC(C)=O)[C@@H]1C(=CC[C@H]23)C[C@@H]4OC. The van der Waals surface area contributed by atoms with Gasteiger partial charge in [0.25, 0.3) is 0 Å². The Hall–Kier alpha value is -1.44. The fourth-order valence-electron chi connectivity index (χ4n) is 9.20. The summed E-state index contributed by atoms with van der Waals surface area (Å²) >= 11 is 0. The third-order valence-electron chi connectivity index (χ3n) is 10.1. The van der Waals surface area contributed by atoms with Gasteiger partial charge in [-0.05, 0) is 50.5 Å². The predicted octanol–water partition coefficient (Wildman–Crippen LogP) is 3.22. The smallest absolute Gasteiger partial charge is 0.302 e. The van der Waals surface area contributed by atoms with E-state index in [0.717, 1.165) is 58.3 Å². The van der Waals surface area contributed by atoms with Crippen LogP contribution in [-0.2, 0) is 28.5 Å². The first-order valence-electron chi connectivity index (χ1n) is 13.1. The summed E-state index contributed by atoms with van der Waals surface area (Å²) in [4.78, 5) is 27.1. The van der Waals surface area contributed by atoms with Crippen molar-refractivity contribution < 1.29 is 28.5 Å². The molecule has 7 heteroatoms. The van der Waals surface area contributed by atoms with E-state index < -0.39 is 0 Å². The number of allylic oxidation sites excluding steroid dienone is 1. The number of hydrogen-bond acceptors (Lipinski definition) is 7. The first kappa shape index (κ1) is 24.3. The molecule has 5 rings (SSSR count). The van der Waals surface area contributed by atoms with Gasteiger partial charge in [0.1, 0.15) is 12.2 Å². The molecular formula is C27H41NO6. The lowest BCUT2D eigenvalue weighted by Gasteiger charge is -2.65. The maximum absolute atomic E-state index is 12.4. The Bertz CT molecular complexity index is 858. The van der Waals surface area contributed by atoms with Crippen molar-refractivity contribution in [1.29, 1.82) is 0 Å². The first-order chi connectivity index (χ1) is 16.3. The van der Waals surface area contributed by atoms with Crippen LogP contribution in [0.1, 0.15) is 52.9 Å². The maximum atomic E-state index is 12.4. The summed E-state index contributed by atoms with van der Waals surface area (Å²) in [5.74, 6) is 0.549. The topological polar surface area (TPSA) is 74.3 Å². The highest BCUT2D eigenvalue weighted by atomic mass is 16.6. The Morgan fingerprint density at radius 2 is 1.91 bits per heavy atom. The van der Waals surface area contributed by atoms with Crippen LogP contribution in [0.3, 0.4) is 0 Å². The lowest BCUT2D eigenvalue weighted by Crippen LogP contribution is -2.70. The monoisotopic (exact) mass is 475 g/mol. The summed E-state index contributed by atoms with van der Waals surface area (Å²) < 4.78 is 24.1. The van der Waals surface area contributed by atoms with Gasteiger partial charge in [-0.3, -0.25) is 9.59 Å². The minimum absolute atomic E-state index is 0.0328. The number of rotatable bonds is 6. The van der Waals surface area contributed by atoms with Crippen molar-refractivity contribution in [1.82, 2.24) is 4.90 Å². The van der Waals surface area contributed by atoms with Gasteiger partial charge in [0.15, 0.2) is 0 Å². The quantitative estimate of drug-likeness (QED) is 0.431. The number of fused-ring (bicyclic) bond motifs is 1. The summed E-state index contributed by atoms with van der Waals surface area (Å²) in [7, 11) is 3.59. The van der Waals surface area contributed by atoms with Crippen LogP contribution in [-0.4, -0.2) is 75.6 Å². The Morgan fingerprint density at radius 1 is 1.15 bits per heavy atom. The van der Waals surface area contributed by atoms with E-state index in [1.807, 2.05) is 7.11 Å². The largest absolute Gasteiger partial charge is 0.462 e. The molecule has 1 heterocycles. The molecule has 7 nitrogen and oxygen atoms in total. The molecule has 34 heavy (non-hydrogen) atoms. The van der Waals surface area contributed by atoms with Gasteiger partial charge in [0.2, 0.25) is 0 Å². The van der Waals surface area contributed by atoms with E-state index in [0.29, 0.717) is 5.92 Å². The van der Waals surface area contributed by atoms with Crippen LogP contribution < -0.4 is 0 Å². The zero-order valence-electron chi connectivity index (χ0n) is 21.4. The molecule has 0 aromatic heterocycles. The van der Waals surface area contributed by atoms with Crippen LogP contribution in [0, 0.1) is 34.5 Å². The number of esters is 2. The normalized spacial score (nSPS) is 45.1. The molecule has 0 radical (unpaired) electrons. The van der Waals surface area contributed by atoms with Gasteiger partial charge in [0, 0.05) is 63.8 Å². The van der Waals surface area contributed by atoms with Gasteiger partial charge in [-0.1, -0.05) is 18.6 Å². The Morgan fingerprint density at radius 3 is 2.56 bits per heavy atom. The fourth-order valence-corrected chi connectivity index (χ4v) is 9.20. The van der Waals surface area contributed by atoms with E-state index in [1.54, 1.807) is 14.0 Å². The molecule has 1 saturated heterocycles. The third kappa shape index (κ3) is 3.48. The van der Waals surface area contributed by atoms with Gasteiger partial charge in [-0.25, -0.2) is 0 Å². The molecular weight excluding hydrogens is 434 g/mol. The van der Waals surface area contributed by atoms with Crippen LogP contribution in [0.25, 0.3) is 0 Å². The van der Waals surface area contributed by atoms with E-state index in [9.17, 15) is 9.59 Å². The van der Waals surface area contributed by atoms with E-state index in [-0.39, 0.29) is 58.8 Å². The highest BCUT2D eigenvalue weighted by molar-refractivity contribution is 5.67. The summed E-state index contributed by atoms with van der Waals surface area (Å²) in [5.41, 5.74) is 1.21. The highest BCUT2D eigenvalue weighted by Crippen LogP contribution is 2.69. The van der Waals surface area contributed by atoms with Crippen molar-refractivity contribution in [2.24, 2.45) is 34.5 Å². The van der Waals surface area contributed by atoms with Gasteiger partial charge in [-0.15, -0.1) is 0 Å². The second-order valence-corrected chi connectivity index (χ2v) is 11.5. The van der Waals surface area contributed by atoms with Crippen LogP contribution in [0.5, 0.6) is 0 Å². The minimum Gasteiger partial charge on any atom is -0.462 e. The molecule has 9 atom stereocenters. The first-order valence-corrected chi connectivity index (χ1v) is 13.1. The lowest BCUT2D eigenvalue weighted by atomic mass is 9.46. The molecule has 190 valence electrons. The van der Waals surface area contributed by atoms with Crippen molar-refractivity contribution in [3.05, 3.63) is 11.6 Å². The molecule has 4 bridgehead atoms. The van der Waals surface area contributed by atoms with E-state index >= 15 is 0 Å². The number of methoxy groups -OCH3 is 2. The van der Waals surface area contributed by atoms with Crippen molar-refractivity contribution in [3.8, 4) is 0 Å². The Labute approximate surface area is 203 Å². The number of carbonyl (C=O) groups is 2. The molecule has 3 saturated carbocycles. The van der Waals surface area contributed by atoms with Crippen molar-refractivity contribution in [3.63, 3.8) is 0 Å². The molecule has 5 aliphatic rings. The number of carbonyl (C=O) groups excluding carboxylic acids is 2. The zero-order chi connectivity index (χ0) is 24.3. The molecule has 1 aliphatic heterocycles. The predicted molar refractivity (Wildman–Crippen MR) is 126 cm³/mol. The van der Waals surface area contributed by atoms with Gasteiger partial charge in [-0.2, -0.15) is 0 Å². The van der Waals surface area contributed by atoms with E-state index in [4.69, 9.17) is 18.9 Å². The summed E-state index contributed by atoms with van der Waals surface area (Å²) in [5, 5.41) is 0. The molecule has 4 aliphatic carbocycles. The number of likely N-dealkylation sites (tertiary alicyclic amines) is 1. The van der Waals surface area contributed by atoms with Crippen LogP contribution in [0.15, 0.2) is 11.6 Å². The van der Waals surface area contributed by atoms with E-state index in [2.05, 4.69) is 17.9 Å².